The lowest BCUT2D eigenvalue weighted by Gasteiger charge is -2.30. The van der Waals surface area contributed by atoms with Crippen LogP contribution < -0.4 is 4.74 Å². The molecule has 0 saturated carbocycles. The van der Waals surface area contributed by atoms with Gasteiger partial charge in [-0.15, -0.1) is 0 Å². The molecular weight excluding hydrogens is 270 g/mol. The van der Waals surface area contributed by atoms with E-state index in [0.29, 0.717) is 11.3 Å². The molecule has 0 aliphatic heterocycles. The summed E-state index contributed by atoms with van der Waals surface area (Å²) in [6.07, 6.45) is -0.123. The zero-order valence-corrected chi connectivity index (χ0v) is 13.0. The smallest absolute Gasteiger partial charge is 0.307 e. The van der Waals surface area contributed by atoms with Crippen molar-refractivity contribution in [1.29, 1.82) is 0 Å². The molecule has 1 rings (SSSR count). The summed E-state index contributed by atoms with van der Waals surface area (Å²) in [7, 11) is 0. The third-order valence-corrected chi connectivity index (χ3v) is 3.07. The molecule has 0 atom stereocenters. The van der Waals surface area contributed by atoms with E-state index in [4.69, 9.17) is 9.84 Å². The van der Waals surface area contributed by atoms with Gasteiger partial charge >= 0.3 is 5.97 Å². The van der Waals surface area contributed by atoms with Crippen LogP contribution in [0.2, 0.25) is 0 Å². The van der Waals surface area contributed by atoms with Crippen LogP contribution in [0.5, 0.6) is 5.75 Å². The fourth-order valence-corrected chi connectivity index (χ4v) is 2.34. The molecule has 0 radical (unpaired) electrons. The average Bonchev–Trinajstić information content (AvgIpc) is 2.36. The number of nitrogens with zero attached hydrogens (tertiary/aromatic N) is 1. The SMILES string of the molecule is CC(C)N(C(=O)COc1ccccc1CC(=O)O)C(C)C. The van der Waals surface area contributed by atoms with Gasteiger partial charge in [0.25, 0.3) is 5.91 Å². The molecule has 1 N–H and O–H groups in total. The number of carbonyl (C=O) groups excluding carboxylic acids is 1. The molecule has 0 spiro atoms. The van der Waals surface area contributed by atoms with E-state index in [2.05, 4.69) is 0 Å². The minimum atomic E-state index is -0.927. The van der Waals surface area contributed by atoms with E-state index in [1.54, 1.807) is 29.2 Å². The zero-order valence-electron chi connectivity index (χ0n) is 13.0. The molecule has 1 aromatic rings. The van der Waals surface area contributed by atoms with Crippen molar-refractivity contribution < 1.29 is 19.4 Å². The second-order valence-electron chi connectivity index (χ2n) is 5.46. The van der Waals surface area contributed by atoms with Gasteiger partial charge in [0.1, 0.15) is 5.75 Å². The van der Waals surface area contributed by atoms with Crippen LogP contribution in [0.3, 0.4) is 0 Å². The summed E-state index contributed by atoms with van der Waals surface area (Å²) < 4.78 is 5.53. The van der Waals surface area contributed by atoms with Crippen LogP contribution in [-0.4, -0.2) is 40.6 Å². The van der Waals surface area contributed by atoms with E-state index in [-0.39, 0.29) is 31.0 Å². The monoisotopic (exact) mass is 293 g/mol. The molecule has 5 heteroatoms. The molecular formula is C16H23NO4. The second-order valence-corrected chi connectivity index (χ2v) is 5.46. The normalized spacial score (nSPS) is 10.8. The fourth-order valence-electron chi connectivity index (χ4n) is 2.34. The van der Waals surface area contributed by atoms with Crippen molar-refractivity contribution in [1.82, 2.24) is 4.90 Å². The highest BCUT2D eigenvalue weighted by molar-refractivity contribution is 5.78. The minimum Gasteiger partial charge on any atom is -0.483 e. The summed E-state index contributed by atoms with van der Waals surface area (Å²) in [5.41, 5.74) is 0.568. The van der Waals surface area contributed by atoms with Gasteiger partial charge in [-0.2, -0.15) is 0 Å². The van der Waals surface area contributed by atoms with Crippen LogP contribution in [0.4, 0.5) is 0 Å². The molecule has 21 heavy (non-hydrogen) atoms. The average molecular weight is 293 g/mol. The maximum Gasteiger partial charge on any atom is 0.307 e. The topological polar surface area (TPSA) is 66.8 Å². The maximum atomic E-state index is 12.2. The number of carbonyl (C=O) groups is 2. The third kappa shape index (κ3) is 5.10. The molecule has 0 aromatic heterocycles. The van der Waals surface area contributed by atoms with Gasteiger partial charge in [0.05, 0.1) is 6.42 Å². The van der Waals surface area contributed by atoms with Gasteiger partial charge in [-0.25, -0.2) is 0 Å². The molecule has 0 aliphatic carbocycles. The summed E-state index contributed by atoms with van der Waals surface area (Å²) in [6, 6.07) is 7.07. The lowest BCUT2D eigenvalue weighted by atomic mass is 10.1. The molecule has 0 saturated heterocycles. The predicted molar refractivity (Wildman–Crippen MR) is 80.4 cm³/mol. The molecule has 0 aliphatic rings. The molecule has 1 amide bonds. The molecule has 0 unspecified atom stereocenters. The summed E-state index contributed by atoms with van der Waals surface area (Å²) in [6.45, 7) is 7.73. The number of carboxylic acid groups (broad SMARTS) is 1. The van der Waals surface area contributed by atoms with E-state index in [9.17, 15) is 9.59 Å². The second kappa shape index (κ2) is 7.67. The first-order valence-corrected chi connectivity index (χ1v) is 7.06. The van der Waals surface area contributed by atoms with Gasteiger partial charge in [-0.1, -0.05) is 18.2 Å². The standard InChI is InChI=1S/C16H23NO4/c1-11(2)17(12(3)4)15(18)10-21-14-8-6-5-7-13(14)9-16(19)20/h5-8,11-12H,9-10H2,1-4H3,(H,19,20). The van der Waals surface area contributed by atoms with Gasteiger partial charge in [0, 0.05) is 17.6 Å². The Balaban J connectivity index is 2.75. The highest BCUT2D eigenvalue weighted by Crippen LogP contribution is 2.19. The lowest BCUT2D eigenvalue weighted by Crippen LogP contribution is -2.44. The Morgan fingerprint density at radius 3 is 2.24 bits per heavy atom. The fraction of sp³-hybridized carbons (Fsp3) is 0.500. The quantitative estimate of drug-likeness (QED) is 0.838. The summed E-state index contributed by atoms with van der Waals surface area (Å²) in [5, 5.41) is 8.87. The van der Waals surface area contributed by atoms with Crippen LogP contribution in [0.25, 0.3) is 0 Å². The van der Waals surface area contributed by atoms with Crippen molar-refractivity contribution in [3.05, 3.63) is 29.8 Å². The molecule has 5 nitrogen and oxygen atoms in total. The first kappa shape index (κ1) is 17.0. The number of rotatable bonds is 7. The van der Waals surface area contributed by atoms with E-state index in [1.165, 1.54) is 0 Å². The number of ether oxygens (including phenoxy) is 1. The van der Waals surface area contributed by atoms with Crippen molar-refractivity contribution in [3.8, 4) is 5.75 Å². The Morgan fingerprint density at radius 1 is 1.14 bits per heavy atom. The number of hydrogen-bond acceptors (Lipinski definition) is 3. The summed E-state index contributed by atoms with van der Waals surface area (Å²) in [4.78, 5) is 24.8. The Kier molecular flexibility index (Phi) is 6.21. The highest BCUT2D eigenvalue weighted by atomic mass is 16.5. The zero-order chi connectivity index (χ0) is 16.0. The van der Waals surface area contributed by atoms with E-state index in [0.717, 1.165) is 0 Å². The van der Waals surface area contributed by atoms with E-state index >= 15 is 0 Å². The summed E-state index contributed by atoms with van der Waals surface area (Å²) in [5.74, 6) is -0.589. The third-order valence-electron chi connectivity index (χ3n) is 3.07. The van der Waals surface area contributed by atoms with Crippen LogP contribution in [0.1, 0.15) is 33.3 Å². The van der Waals surface area contributed by atoms with Crippen molar-refractivity contribution in [2.24, 2.45) is 0 Å². The minimum absolute atomic E-state index is 0.0903. The largest absolute Gasteiger partial charge is 0.483 e. The Morgan fingerprint density at radius 2 is 1.71 bits per heavy atom. The Bertz CT molecular complexity index is 489. The first-order chi connectivity index (χ1) is 9.82. The number of hydrogen-bond donors (Lipinski definition) is 1. The predicted octanol–water partition coefficient (Wildman–Crippen LogP) is 2.34. The van der Waals surface area contributed by atoms with Gasteiger partial charge < -0.3 is 14.7 Å². The molecule has 0 heterocycles. The molecule has 0 fully saturated rings. The maximum absolute atomic E-state index is 12.2. The number of para-hydroxylation sites is 1. The van der Waals surface area contributed by atoms with Crippen molar-refractivity contribution in [3.63, 3.8) is 0 Å². The van der Waals surface area contributed by atoms with Crippen molar-refractivity contribution in [2.45, 2.75) is 46.2 Å². The van der Waals surface area contributed by atoms with Crippen LogP contribution in [0.15, 0.2) is 24.3 Å². The van der Waals surface area contributed by atoms with Crippen molar-refractivity contribution >= 4 is 11.9 Å². The van der Waals surface area contributed by atoms with Crippen molar-refractivity contribution in [2.75, 3.05) is 6.61 Å². The van der Waals surface area contributed by atoms with Gasteiger partial charge in [-0.05, 0) is 33.8 Å². The Hall–Kier alpha value is -2.04. The van der Waals surface area contributed by atoms with E-state index in [1.807, 2.05) is 27.7 Å². The Labute approximate surface area is 125 Å². The van der Waals surface area contributed by atoms with Crippen LogP contribution >= 0.6 is 0 Å². The van der Waals surface area contributed by atoms with Gasteiger partial charge in [0.15, 0.2) is 6.61 Å². The highest BCUT2D eigenvalue weighted by Gasteiger charge is 2.20. The molecule has 0 bridgehead atoms. The number of carboxylic acids is 1. The molecule has 116 valence electrons. The first-order valence-electron chi connectivity index (χ1n) is 7.06. The number of aliphatic carboxylic acids is 1. The lowest BCUT2D eigenvalue weighted by molar-refractivity contribution is -0.137. The number of benzene rings is 1. The van der Waals surface area contributed by atoms with Crippen LogP contribution in [-0.2, 0) is 16.0 Å². The van der Waals surface area contributed by atoms with Gasteiger partial charge in [-0.3, -0.25) is 9.59 Å². The summed E-state index contributed by atoms with van der Waals surface area (Å²) >= 11 is 0. The van der Waals surface area contributed by atoms with Crippen LogP contribution in [0, 0.1) is 0 Å². The van der Waals surface area contributed by atoms with E-state index < -0.39 is 5.97 Å². The van der Waals surface area contributed by atoms with Gasteiger partial charge in [0.2, 0.25) is 0 Å². The number of amides is 1. The molecule has 1 aromatic carbocycles.